The maximum atomic E-state index is 12.9. The molecule has 3 aliphatic rings. The first-order valence-corrected chi connectivity index (χ1v) is 10.5. The van der Waals surface area contributed by atoms with Gasteiger partial charge in [0.15, 0.2) is 9.84 Å². The van der Waals surface area contributed by atoms with Crippen LogP contribution in [0, 0.1) is 5.92 Å². The van der Waals surface area contributed by atoms with Gasteiger partial charge in [-0.3, -0.25) is 9.69 Å². The van der Waals surface area contributed by atoms with Gasteiger partial charge in [0, 0.05) is 25.6 Å². The topological polar surface area (TPSA) is 57.7 Å². The number of carbonyl (C=O) groups is 1. The summed E-state index contributed by atoms with van der Waals surface area (Å²) in [6.07, 6.45) is 2.45. The van der Waals surface area contributed by atoms with Gasteiger partial charge < -0.3 is 4.90 Å². The first-order chi connectivity index (χ1) is 11.4. The first-order valence-electron chi connectivity index (χ1n) is 8.70. The monoisotopic (exact) mass is 348 g/mol. The number of amides is 1. The number of hydrogen-bond donors (Lipinski definition) is 0. The predicted molar refractivity (Wildman–Crippen MR) is 92.5 cm³/mol. The van der Waals surface area contributed by atoms with Gasteiger partial charge in [0.2, 0.25) is 5.91 Å². The zero-order valence-corrected chi connectivity index (χ0v) is 14.8. The van der Waals surface area contributed by atoms with Crippen molar-refractivity contribution in [2.45, 2.75) is 31.3 Å². The highest BCUT2D eigenvalue weighted by atomic mass is 32.2. The van der Waals surface area contributed by atoms with Crippen molar-refractivity contribution in [3.05, 3.63) is 35.4 Å². The Morgan fingerprint density at radius 1 is 1.08 bits per heavy atom. The molecule has 0 bridgehead atoms. The van der Waals surface area contributed by atoms with E-state index >= 15 is 0 Å². The van der Waals surface area contributed by atoms with E-state index in [1.54, 1.807) is 0 Å². The van der Waals surface area contributed by atoms with Gasteiger partial charge in [0.25, 0.3) is 0 Å². The Morgan fingerprint density at radius 2 is 1.71 bits per heavy atom. The van der Waals surface area contributed by atoms with E-state index in [9.17, 15) is 13.2 Å². The van der Waals surface area contributed by atoms with Gasteiger partial charge in [-0.2, -0.15) is 0 Å². The molecule has 2 saturated heterocycles. The van der Waals surface area contributed by atoms with Crippen LogP contribution in [0.5, 0.6) is 0 Å². The lowest BCUT2D eigenvalue weighted by Crippen LogP contribution is -2.59. The minimum atomic E-state index is -3.03. The lowest BCUT2D eigenvalue weighted by molar-refractivity contribution is -0.137. The van der Waals surface area contributed by atoms with Gasteiger partial charge in [-0.15, -0.1) is 0 Å². The molecule has 1 aromatic rings. The highest BCUT2D eigenvalue weighted by molar-refractivity contribution is 7.91. The predicted octanol–water partition coefficient (Wildman–Crippen LogP) is 0.731. The number of nitrogens with zero attached hydrogens (tertiary/aromatic N) is 2. The molecule has 0 N–H and O–H groups in total. The number of fused-ring (bicyclic) bond motifs is 2. The van der Waals surface area contributed by atoms with Crippen molar-refractivity contribution in [3.8, 4) is 0 Å². The van der Waals surface area contributed by atoms with Crippen molar-refractivity contribution in [1.29, 1.82) is 0 Å². The third-order valence-corrected chi connectivity index (χ3v) is 7.57. The Morgan fingerprint density at radius 3 is 2.38 bits per heavy atom. The molecule has 5 nitrogen and oxygen atoms in total. The fourth-order valence-corrected chi connectivity index (χ4v) is 6.65. The molecule has 1 aromatic carbocycles. The van der Waals surface area contributed by atoms with E-state index in [2.05, 4.69) is 29.2 Å². The van der Waals surface area contributed by atoms with Crippen molar-refractivity contribution in [1.82, 2.24) is 9.80 Å². The average molecular weight is 348 g/mol. The largest absolute Gasteiger partial charge is 0.336 e. The van der Waals surface area contributed by atoms with Gasteiger partial charge in [0.05, 0.1) is 17.5 Å². The fraction of sp³-hybridized carbons (Fsp3) is 0.611. The number of hydrogen-bond acceptors (Lipinski definition) is 4. The highest BCUT2D eigenvalue weighted by Crippen LogP contribution is 2.31. The molecule has 2 heterocycles. The van der Waals surface area contributed by atoms with E-state index < -0.39 is 9.84 Å². The van der Waals surface area contributed by atoms with Crippen molar-refractivity contribution < 1.29 is 13.2 Å². The number of sulfone groups is 1. The van der Waals surface area contributed by atoms with E-state index in [1.807, 2.05) is 11.9 Å². The van der Waals surface area contributed by atoms with Crippen LogP contribution in [0.1, 0.15) is 17.5 Å². The normalized spacial score (nSPS) is 29.5. The SMILES string of the molecule is CN1CCN(C(=O)CC2Cc3ccccc3C2)[C@@H]2CS(=O)(=O)C[C@@H]21. The molecule has 0 spiro atoms. The Kier molecular flexibility index (Phi) is 3.92. The molecule has 0 radical (unpaired) electrons. The van der Waals surface area contributed by atoms with Crippen molar-refractivity contribution >= 4 is 15.7 Å². The quantitative estimate of drug-likeness (QED) is 0.791. The molecule has 1 aliphatic carbocycles. The average Bonchev–Trinajstić information content (AvgIpc) is 3.06. The molecule has 6 heteroatoms. The Hall–Kier alpha value is -1.40. The molecule has 0 aromatic heterocycles. The summed E-state index contributed by atoms with van der Waals surface area (Å²) in [6, 6.07) is 8.21. The van der Waals surface area contributed by atoms with Crippen molar-refractivity contribution in [2.24, 2.45) is 5.92 Å². The second kappa shape index (κ2) is 5.85. The van der Waals surface area contributed by atoms with E-state index in [0.29, 0.717) is 18.9 Å². The number of likely N-dealkylation sites (N-methyl/N-ethyl adjacent to an activating group) is 1. The number of carbonyl (C=O) groups excluding carboxylic acids is 1. The van der Waals surface area contributed by atoms with Crippen LogP contribution in [0.15, 0.2) is 24.3 Å². The third-order valence-electron chi connectivity index (χ3n) is 5.87. The second-order valence-corrected chi connectivity index (χ2v) is 9.68. The molecule has 4 rings (SSSR count). The minimum absolute atomic E-state index is 0.0338. The van der Waals surface area contributed by atoms with E-state index in [0.717, 1.165) is 19.4 Å². The van der Waals surface area contributed by atoms with E-state index in [-0.39, 0.29) is 29.5 Å². The molecule has 24 heavy (non-hydrogen) atoms. The molecular weight excluding hydrogens is 324 g/mol. The summed E-state index contributed by atoms with van der Waals surface area (Å²) in [5.41, 5.74) is 2.71. The van der Waals surface area contributed by atoms with Crippen LogP contribution in [0.3, 0.4) is 0 Å². The Balaban J connectivity index is 1.45. The van der Waals surface area contributed by atoms with Crippen LogP contribution >= 0.6 is 0 Å². The van der Waals surface area contributed by atoms with Gasteiger partial charge in [-0.25, -0.2) is 8.42 Å². The Labute approximate surface area is 143 Å². The third kappa shape index (κ3) is 2.86. The van der Waals surface area contributed by atoms with Gasteiger partial charge in [-0.05, 0) is 36.9 Å². The van der Waals surface area contributed by atoms with Crippen LogP contribution in [0.2, 0.25) is 0 Å². The van der Waals surface area contributed by atoms with Crippen LogP contribution < -0.4 is 0 Å². The van der Waals surface area contributed by atoms with Gasteiger partial charge >= 0.3 is 0 Å². The number of benzene rings is 1. The van der Waals surface area contributed by atoms with Crippen LogP contribution in [-0.2, 0) is 27.5 Å². The van der Waals surface area contributed by atoms with Gasteiger partial charge in [0.1, 0.15) is 0 Å². The maximum Gasteiger partial charge on any atom is 0.223 e. The molecule has 2 fully saturated rings. The summed E-state index contributed by atoms with van der Waals surface area (Å²) in [4.78, 5) is 16.8. The minimum Gasteiger partial charge on any atom is -0.336 e. The lowest BCUT2D eigenvalue weighted by atomic mass is 9.99. The summed E-state index contributed by atoms with van der Waals surface area (Å²) < 4.78 is 24.1. The van der Waals surface area contributed by atoms with Crippen LogP contribution in [-0.4, -0.2) is 67.9 Å². The summed E-state index contributed by atoms with van der Waals surface area (Å²) in [7, 11) is -1.07. The molecule has 1 amide bonds. The van der Waals surface area contributed by atoms with Gasteiger partial charge in [-0.1, -0.05) is 24.3 Å². The molecule has 2 atom stereocenters. The lowest BCUT2D eigenvalue weighted by Gasteiger charge is -2.42. The fourth-order valence-electron chi connectivity index (χ4n) is 4.59. The van der Waals surface area contributed by atoms with Crippen LogP contribution in [0.4, 0.5) is 0 Å². The first kappa shape index (κ1) is 16.1. The smallest absolute Gasteiger partial charge is 0.223 e. The zero-order chi connectivity index (χ0) is 16.9. The Bertz CT molecular complexity index is 736. The standard InChI is InChI=1S/C18H24N2O3S/c1-19-6-7-20(17-12-24(22,23)11-16(17)19)18(21)10-13-8-14-4-2-3-5-15(14)9-13/h2-5,13,16-17H,6-12H2,1H3/t16-,17+/m0/s1. The maximum absolute atomic E-state index is 12.9. The van der Waals surface area contributed by atoms with E-state index in [4.69, 9.17) is 0 Å². The highest BCUT2D eigenvalue weighted by Gasteiger charge is 2.47. The number of piperazine rings is 1. The molecule has 0 unspecified atom stereocenters. The summed E-state index contributed by atoms with van der Waals surface area (Å²) >= 11 is 0. The second-order valence-electron chi connectivity index (χ2n) is 7.53. The van der Waals surface area contributed by atoms with Crippen molar-refractivity contribution in [2.75, 3.05) is 31.6 Å². The van der Waals surface area contributed by atoms with Crippen LogP contribution in [0.25, 0.3) is 0 Å². The summed E-state index contributed by atoms with van der Waals surface area (Å²) in [5.74, 6) is 0.796. The zero-order valence-electron chi connectivity index (χ0n) is 14.0. The number of rotatable bonds is 2. The summed E-state index contributed by atoms with van der Waals surface area (Å²) in [6.45, 7) is 1.40. The molecular formula is C18H24N2O3S. The van der Waals surface area contributed by atoms with E-state index in [1.165, 1.54) is 11.1 Å². The molecule has 130 valence electrons. The van der Waals surface area contributed by atoms with Crippen molar-refractivity contribution in [3.63, 3.8) is 0 Å². The molecule has 0 saturated carbocycles. The summed E-state index contributed by atoms with van der Waals surface area (Å²) in [5, 5.41) is 0. The molecule has 2 aliphatic heterocycles.